The normalized spacial score (nSPS) is 15.9. The Balaban J connectivity index is 3.06. The molecule has 1 atom stereocenters. The fraction of sp³-hybridized carbons (Fsp3) is 0.400. The Hall–Kier alpha value is -0.680. The van der Waals surface area contributed by atoms with Gasteiger partial charge in [0.05, 0.1) is 7.11 Å². The Labute approximate surface area is 95.0 Å². The lowest BCUT2D eigenvalue weighted by molar-refractivity contribution is -0.109. The van der Waals surface area contributed by atoms with E-state index in [1.165, 1.54) is 31.4 Å². The van der Waals surface area contributed by atoms with Crippen molar-refractivity contribution >= 4 is 15.9 Å². The van der Waals surface area contributed by atoms with Crippen molar-refractivity contribution in [2.75, 3.05) is 7.11 Å². The van der Waals surface area contributed by atoms with E-state index < -0.39 is 10.4 Å². The molecule has 1 aromatic carbocycles. The van der Waals surface area contributed by atoms with Gasteiger partial charge in [-0.25, -0.2) is 0 Å². The quantitative estimate of drug-likeness (QED) is 0.863. The van der Waals surface area contributed by atoms with Crippen molar-refractivity contribution in [2.45, 2.75) is 17.4 Å². The number of ether oxygens (including phenoxy) is 1. The van der Waals surface area contributed by atoms with Gasteiger partial charge < -0.3 is 9.84 Å². The number of rotatable bonds is 3. The molecular formula is C10H11BrF2O2. The summed E-state index contributed by atoms with van der Waals surface area (Å²) < 4.78 is 30.9. The minimum Gasteiger partial charge on any atom is -0.497 e. The molecular weight excluding hydrogens is 270 g/mol. The Morgan fingerprint density at radius 2 is 1.73 bits per heavy atom. The van der Waals surface area contributed by atoms with E-state index in [4.69, 9.17) is 4.74 Å². The summed E-state index contributed by atoms with van der Waals surface area (Å²) >= 11 is 2.16. The van der Waals surface area contributed by atoms with Crippen LogP contribution in [0.5, 0.6) is 5.75 Å². The Morgan fingerprint density at radius 1 is 1.27 bits per heavy atom. The predicted octanol–water partition coefficient (Wildman–Crippen LogP) is 2.89. The Kier molecular flexibility index (Phi) is 3.35. The summed E-state index contributed by atoms with van der Waals surface area (Å²) in [5.74, 6) is 0.549. The third-order valence-corrected chi connectivity index (χ3v) is 2.98. The van der Waals surface area contributed by atoms with Crippen LogP contribution >= 0.6 is 15.9 Å². The number of methoxy groups -OCH3 is 1. The van der Waals surface area contributed by atoms with E-state index in [9.17, 15) is 13.9 Å². The van der Waals surface area contributed by atoms with E-state index in [2.05, 4.69) is 15.9 Å². The molecule has 0 saturated heterocycles. The first-order valence-corrected chi connectivity index (χ1v) is 5.02. The fourth-order valence-corrected chi connectivity index (χ4v) is 1.31. The summed E-state index contributed by atoms with van der Waals surface area (Å²) in [5.41, 5.74) is -2.13. The Bertz CT molecular complexity index is 330. The van der Waals surface area contributed by atoms with E-state index in [1.807, 2.05) is 0 Å². The molecule has 0 radical (unpaired) electrons. The molecule has 15 heavy (non-hydrogen) atoms. The summed E-state index contributed by atoms with van der Waals surface area (Å²) in [7, 11) is 1.48. The van der Waals surface area contributed by atoms with Crippen LogP contribution in [0.4, 0.5) is 8.78 Å². The molecule has 1 rings (SSSR count). The van der Waals surface area contributed by atoms with Gasteiger partial charge in [-0.3, -0.25) is 0 Å². The SMILES string of the molecule is COc1ccc(C(C)(O)C(F)(F)Br)cc1. The van der Waals surface area contributed by atoms with Crippen molar-refractivity contribution in [3.05, 3.63) is 29.8 Å². The van der Waals surface area contributed by atoms with Crippen LogP contribution < -0.4 is 4.74 Å². The third-order valence-electron chi connectivity index (χ3n) is 2.20. The molecule has 1 unspecified atom stereocenters. The highest BCUT2D eigenvalue weighted by atomic mass is 79.9. The summed E-state index contributed by atoms with van der Waals surface area (Å²) in [4.78, 5) is -3.38. The van der Waals surface area contributed by atoms with Gasteiger partial charge in [0.25, 0.3) is 0 Å². The van der Waals surface area contributed by atoms with Gasteiger partial charge in [-0.2, -0.15) is 8.78 Å². The second-order valence-electron chi connectivity index (χ2n) is 3.30. The number of hydrogen-bond acceptors (Lipinski definition) is 2. The van der Waals surface area contributed by atoms with E-state index in [1.54, 1.807) is 0 Å². The molecule has 2 nitrogen and oxygen atoms in total. The summed E-state index contributed by atoms with van der Waals surface area (Å²) in [6.07, 6.45) is 0. The molecule has 0 saturated carbocycles. The van der Waals surface area contributed by atoms with Crippen LogP contribution in [0.25, 0.3) is 0 Å². The number of hydrogen-bond donors (Lipinski definition) is 1. The monoisotopic (exact) mass is 280 g/mol. The molecule has 84 valence electrons. The molecule has 0 aromatic heterocycles. The maximum Gasteiger partial charge on any atom is 0.333 e. The molecule has 0 amide bonds. The van der Waals surface area contributed by atoms with Crippen LogP contribution in [0.15, 0.2) is 24.3 Å². The standard InChI is InChI=1S/C10H11BrF2O2/c1-9(14,10(11,12)13)7-3-5-8(15-2)6-4-7/h3-6,14H,1-2H3. The summed E-state index contributed by atoms with van der Waals surface area (Å²) in [6, 6.07) is 5.83. The lowest BCUT2D eigenvalue weighted by Crippen LogP contribution is -2.37. The van der Waals surface area contributed by atoms with Crippen molar-refractivity contribution in [2.24, 2.45) is 0 Å². The van der Waals surface area contributed by atoms with Crippen LogP contribution in [0, 0.1) is 0 Å². The largest absolute Gasteiger partial charge is 0.497 e. The second kappa shape index (κ2) is 4.06. The highest BCUT2D eigenvalue weighted by Gasteiger charge is 2.47. The van der Waals surface area contributed by atoms with E-state index >= 15 is 0 Å². The summed E-state index contributed by atoms with van der Waals surface area (Å²) in [5, 5.41) is 9.65. The average molecular weight is 281 g/mol. The minimum atomic E-state index is -3.38. The minimum absolute atomic E-state index is 0.116. The van der Waals surface area contributed by atoms with Gasteiger partial charge in [0.15, 0.2) is 5.60 Å². The molecule has 0 bridgehead atoms. The second-order valence-corrected chi connectivity index (χ2v) is 4.29. The van der Waals surface area contributed by atoms with Gasteiger partial charge in [-0.1, -0.05) is 12.1 Å². The first-order valence-electron chi connectivity index (χ1n) is 4.22. The summed E-state index contributed by atoms with van der Waals surface area (Å²) in [6.45, 7) is 1.05. The van der Waals surface area contributed by atoms with Crippen LogP contribution in [-0.4, -0.2) is 17.0 Å². The van der Waals surface area contributed by atoms with Gasteiger partial charge in [-0.05, 0) is 40.5 Å². The maximum absolute atomic E-state index is 13.0. The molecule has 1 aromatic rings. The highest BCUT2D eigenvalue weighted by molar-refractivity contribution is 9.10. The smallest absolute Gasteiger partial charge is 0.333 e. The zero-order valence-electron chi connectivity index (χ0n) is 8.30. The number of benzene rings is 1. The first kappa shape index (κ1) is 12.4. The topological polar surface area (TPSA) is 29.5 Å². The zero-order valence-corrected chi connectivity index (χ0v) is 9.88. The van der Waals surface area contributed by atoms with Gasteiger partial charge in [-0.15, -0.1) is 0 Å². The van der Waals surface area contributed by atoms with Crippen molar-refractivity contribution in [3.63, 3.8) is 0 Å². The van der Waals surface area contributed by atoms with Gasteiger partial charge in [0.1, 0.15) is 5.75 Å². The fourth-order valence-electron chi connectivity index (χ4n) is 1.08. The van der Waals surface area contributed by atoms with Crippen molar-refractivity contribution in [3.8, 4) is 5.75 Å². The molecule has 0 aliphatic carbocycles. The molecule has 1 N–H and O–H groups in total. The van der Waals surface area contributed by atoms with Gasteiger partial charge in [0.2, 0.25) is 0 Å². The van der Waals surface area contributed by atoms with Crippen LogP contribution in [0.2, 0.25) is 0 Å². The predicted molar refractivity (Wildman–Crippen MR) is 56.4 cm³/mol. The van der Waals surface area contributed by atoms with Crippen LogP contribution in [0.1, 0.15) is 12.5 Å². The average Bonchev–Trinajstić information content (AvgIpc) is 2.16. The molecule has 5 heteroatoms. The van der Waals surface area contributed by atoms with Crippen molar-refractivity contribution < 1.29 is 18.6 Å². The molecule has 0 heterocycles. The maximum atomic E-state index is 13.0. The van der Waals surface area contributed by atoms with Crippen LogP contribution in [0.3, 0.4) is 0 Å². The lowest BCUT2D eigenvalue weighted by Gasteiger charge is -2.28. The van der Waals surface area contributed by atoms with Crippen molar-refractivity contribution in [1.29, 1.82) is 0 Å². The van der Waals surface area contributed by atoms with Crippen molar-refractivity contribution in [1.82, 2.24) is 0 Å². The highest BCUT2D eigenvalue weighted by Crippen LogP contribution is 2.42. The van der Waals surface area contributed by atoms with E-state index in [0.717, 1.165) is 6.92 Å². The van der Waals surface area contributed by atoms with Gasteiger partial charge >= 0.3 is 4.83 Å². The molecule has 0 aliphatic rings. The molecule has 0 fully saturated rings. The van der Waals surface area contributed by atoms with E-state index in [0.29, 0.717) is 5.75 Å². The molecule has 0 aliphatic heterocycles. The first-order chi connectivity index (χ1) is 6.79. The Morgan fingerprint density at radius 3 is 2.07 bits per heavy atom. The van der Waals surface area contributed by atoms with Crippen LogP contribution in [-0.2, 0) is 5.60 Å². The lowest BCUT2D eigenvalue weighted by atomic mass is 9.96. The van der Waals surface area contributed by atoms with E-state index in [-0.39, 0.29) is 5.56 Å². The van der Waals surface area contributed by atoms with Gasteiger partial charge in [0, 0.05) is 0 Å². The number of halogens is 3. The molecule has 0 spiro atoms. The third kappa shape index (κ3) is 2.46. The zero-order chi connectivity index (χ0) is 11.7. The number of aliphatic hydroxyl groups is 1. The number of alkyl halides is 3.